The molecule has 7 heteroatoms. The molecule has 0 saturated carbocycles. The lowest BCUT2D eigenvalue weighted by Gasteiger charge is -2.14. The van der Waals surface area contributed by atoms with E-state index < -0.39 is 0 Å². The number of hydrogen-bond donors (Lipinski definition) is 2. The van der Waals surface area contributed by atoms with E-state index in [9.17, 15) is 4.79 Å². The standard InChI is InChI=1S/C15H23ClN2O3.ClH/c1-3-20-10-11-21-15-12(16)6-4-7-13(15)18-14(19)8-5-9-17-2;/h4,6-7,17H,3,5,8-11H2,1-2H3,(H,18,19);1H. The van der Waals surface area contributed by atoms with E-state index in [1.54, 1.807) is 18.2 Å². The van der Waals surface area contributed by atoms with E-state index in [-0.39, 0.29) is 18.3 Å². The predicted molar refractivity (Wildman–Crippen MR) is 92.5 cm³/mol. The number of benzene rings is 1. The summed E-state index contributed by atoms with van der Waals surface area (Å²) in [4.78, 5) is 11.9. The van der Waals surface area contributed by atoms with Crippen LogP contribution < -0.4 is 15.4 Å². The lowest BCUT2D eigenvalue weighted by molar-refractivity contribution is -0.116. The zero-order chi connectivity index (χ0) is 15.5. The Morgan fingerprint density at radius 2 is 2.09 bits per heavy atom. The average Bonchev–Trinajstić information content (AvgIpc) is 2.46. The highest BCUT2D eigenvalue weighted by molar-refractivity contribution is 6.32. The zero-order valence-corrected chi connectivity index (χ0v) is 14.6. The molecule has 1 amide bonds. The number of amides is 1. The number of para-hydroxylation sites is 1. The molecule has 0 spiro atoms. The molecule has 0 aromatic heterocycles. The zero-order valence-electron chi connectivity index (χ0n) is 13.0. The molecule has 0 aliphatic carbocycles. The summed E-state index contributed by atoms with van der Waals surface area (Å²) in [7, 11) is 1.86. The van der Waals surface area contributed by atoms with Crippen LogP contribution >= 0.6 is 24.0 Å². The van der Waals surface area contributed by atoms with Gasteiger partial charge in [0, 0.05) is 13.0 Å². The highest BCUT2D eigenvalue weighted by Gasteiger charge is 2.11. The first kappa shape index (κ1) is 21.0. The summed E-state index contributed by atoms with van der Waals surface area (Å²) in [5, 5.41) is 6.31. The predicted octanol–water partition coefficient (Wildman–Crippen LogP) is 3.12. The number of ether oxygens (including phenoxy) is 2. The topological polar surface area (TPSA) is 59.6 Å². The van der Waals surface area contributed by atoms with Crippen LogP contribution in [0.4, 0.5) is 5.69 Å². The Morgan fingerprint density at radius 3 is 2.77 bits per heavy atom. The van der Waals surface area contributed by atoms with Gasteiger partial charge in [-0.3, -0.25) is 4.79 Å². The second-order valence-electron chi connectivity index (χ2n) is 4.42. The number of rotatable bonds is 10. The Balaban J connectivity index is 0.00000441. The molecule has 2 N–H and O–H groups in total. The number of nitrogens with one attached hydrogen (secondary N) is 2. The molecule has 0 aliphatic rings. The first-order chi connectivity index (χ1) is 10.2. The molecular formula is C15H24Cl2N2O3. The maximum Gasteiger partial charge on any atom is 0.224 e. The lowest BCUT2D eigenvalue weighted by Crippen LogP contribution is -2.16. The summed E-state index contributed by atoms with van der Waals surface area (Å²) in [6, 6.07) is 5.28. The third kappa shape index (κ3) is 7.84. The van der Waals surface area contributed by atoms with Crippen molar-refractivity contribution in [2.45, 2.75) is 19.8 Å². The van der Waals surface area contributed by atoms with Crippen molar-refractivity contribution in [2.24, 2.45) is 0 Å². The van der Waals surface area contributed by atoms with Crippen molar-refractivity contribution in [1.82, 2.24) is 5.32 Å². The van der Waals surface area contributed by atoms with Gasteiger partial charge < -0.3 is 20.1 Å². The van der Waals surface area contributed by atoms with Crippen LogP contribution in [0.2, 0.25) is 5.02 Å². The summed E-state index contributed by atoms with van der Waals surface area (Å²) in [5.41, 5.74) is 0.591. The van der Waals surface area contributed by atoms with E-state index in [0.717, 1.165) is 13.0 Å². The Morgan fingerprint density at radius 1 is 1.32 bits per heavy atom. The van der Waals surface area contributed by atoms with Crippen LogP contribution in [0.15, 0.2) is 18.2 Å². The molecule has 0 radical (unpaired) electrons. The SMILES string of the molecule is CCOCCOc1c(Cl)cccc1NC(=O)CCCNC.Cl. The smallest absolute Gasteiger partial charge is 0.224 e. The Kier molecular flexibility index (Phi) is 12.0. The van der Waals surface area contributed by atoms with Gasteiger partial charge >= 0.3 is 0 Å². The van der Waals surface area contributed by atoms with Crippen LogP contribution in [0, 0.1) is 0 Å². The van der Waals surface area contributed by atoms with Crippen LogP contribution in [-0.4, -0.2) is 39.3 Å². The van der Waals surface area contributed by atoms with E-state index in [0.29, 0.717) is 42.7 Å². The Bertz CT molecular complexity index is 445. The number of hydrogen-bond acceptors (Lipinski definition) is 4. The summed E-state index contributed by atoms with van der Waals surface area (Å²) in [5.74, 6) is 0.433. The molecule has 22 heavy (non-hydrogen) atoms. The molecule has 1 aromatic rings. The van der Waals surface area contributed by atoms with E-state index in [2.05, 4.69) is 10.6 Å². The average molecular weight is 351 g/mol. The van der Waals surface area contributed by atoms with E-state index in [1.165, 1.54) is 0 Å². The lowest BCUT2D eigenvalue weighted by atomic mass is 10.2. The van der Waals surface area contributed by atoms with Crippen molar-refractivity contribution in [3.8, 4) is 5.75 Å². The first-order valence-corrected chi connectivity index (χ1v) is 7.50. The van der Waals surface area contributed by atoms with Gasteiger partial charge in [-0.15, -0.1) is 12.4 Å². The third-order valence-electron chi connectivity index (χ3n) is 2.75. The maximum absolute atomic E-state index is 11.9. The minimum Gasteiger partial charge on any atom is -0.487 e. The molecule has 0 aliphatic heterocycles. The quantitative estimate of drug-likeness (QED) is 0.636. The highest BCUT2D eigenvalue weighted by Crippen LogP contribution is 2.33. The fourth-order valence-corrected chi connectivity index (χ4v) is 1.97. The van der Waals surface area contributed by atoms with Crippen molar-refractivity contribution in [3.63, 3.8) is 0 Å². The third-order valence-corrected chi connectivity index (χ3v) is 3.05. The summed E-state index contributed by atoms with van der Waals surface area (Å²) in [6.45, 7) is 4.24. The van der Waals surface area contributed by atoms with Crippen molar-refractivity contribution >= 4 is 35.6 Å². The van der Waals surface area contributed by atoms with Crippen LogP contribution in [0.5, 0.6) is 5.75 Å². The maximum atomic E-state index is 11.9. The van der Waals surface area contributed by atoms with Gasteiger partial charge in [0.2, 0.25) is 5.91 Å². The van der Waals surface area contributed by atoms with Crippen molar-refractivity contribution < 1.29 is 14.3 Å². The van der Waals surface area contributed by atoms with Crippen LogP contribution in [0.1, 0.15) is 19.8 Å². The molecule has 1 rings (SSSR count). The number of carbonyl (C=O) groups is 1. The van der Waals surface area contributed by atoms with E-state index >= 15 is 0 Å². The van der Waals surface area contributed by atoms with Gasteiger partial charge in [0.15, 0.2) is 5.75 Å². The van der Waals surface area contributed by atoms with Crippen LogP contribution in [-0.2, 0) is 9.53 Å². The molecule has 5 nitrogen and oxygen atoms in total. The first-order valence-electron chi connectivity index (χ1n) is 7.12. The molecule has 126 valence electrons. The van der Waals surface area contributed by atoms with Crippen LogP contribution in [0.3, 0.4) is 0 Å². The fourth-order valence-electron chi connectivity index (χ4n) is 1.74. The van der Waals surface area contributed by atoms with Crippen LogP contribution in [0.25, 0.3) is 0 Å². The van der Waals surface area contributed by atoms with Crippen molar-refractivity contribution in [3.05, 3.63) is 23.2 Å². The number of carbonyl (C=O) groups excluding carboxylic acids is 1. The molecule has 0 heterocycles. The summed E-state index contributed by atoms with van der Waals surface area (Å²) < 4.78 is 10.8. The Labute approximate surface area is 143 Å². The van der Waals surface area contributed by atoms with Gasteiger partial charge in [0.1, 0.15) is 6.61 Å². The monoisotopic (exact) mass is 350 g/mol. The molecular weight excluding hydrogens is 327 g/mol. The van der Waals surface area contributed by atoms with Crippen molar-refractivity contribution in [2.75, 3.05) is 38.7 Å². The van der Waals surface area contributed by atoms with Gasteiger partial charge in [-0.05, 0) is 39.1 Å². The largest absolute Gasteiger partial charge is 0.487 e. The molecule has 0 atom stereocenters. The van der Waals surface area contributed by atoms with Gasteiger partial charge in [-0.1, -0.05) is 17.7 Å². The second kappa shape index (κ2) is 12.5. The normalized spacial score (nSPS) is 9.95. The number of anilines is 1. The summed E-state index contributed by atoms with van der Waals surface area (Å²) in [6.07, 6.45) is 1.23. The fraction of sp³-hybridized carbons (Fsp3) is 0.533. The van der Waals surface area contributed by atoms with Gasteiger partial charge in [-0.25, -0.2) is 0 Å². The minimum absolute atomic E-state index is 0. The number of halogens is 2. The van der Waals surface area contributed by atoms with E-state index in [1.807, 2.05) is 14.0 Å². The van der Waals surface area contributed by atoms with Gasteiger partial charge in [0.25, 0.3) is 0 Å². The summed E-state index contributed by atoms with van der Waals surface area (Å²) >= 11 is 6.13. The van der Waals surface area contributed by atoms with Gasteiger partial charge in [-0.2, -0.15) is 0 Å². The van der Waals surface area contributed by atoms with Gasteiger partial charge in [0.05, 0.1) is 17.3 Å². The van der Waals surface area contributed by atoms with Crippen molar-refractivity contribution in [1.29, 1.82) is 0 Å². The van der Waals surface area contributed by atoms with E-state index in [4.69, 9.17) is 21.1 Å². The second-order valence-corrected chi connectivity index (χ2v) is 4.82. The molecule has 0 bridgehead atoms. The Hall–Kier alpha value is -1.01. The highest BCUT2D eigenvalue weighted by atomic mass is 35.5. The molecule has 0 unspecified atom stereocenters. The minimum atomic E-state index is -0.0535. The molecule has 0 fully saturated rings. The molecule has 0 saturated heterocycles. The molecule has 1 aromatic carbocycles.